The van der Waals surface area contributed by atoms with Crippen LogP contribution in [-0.2, 0) is 4.79 Å². The Morgan fingerprint density at radius 1 is 1.23 bits per heavy atom. The molecular weight excluding hydrogens is 288 g/mol. The van der Waals surface area contributed by atoms with E-state index in [1.54, 1.807) is 4.90 Å². The quantitative estimate of drug-likeness (QED) is 0.924. The molecule has 120 valence electrons. The Labute approximate surface area is 128 Å². The first-order valence-electron chi connectivity index (χ1n) is 7.68. The van der Waals surface area contributed by atoms with Crippen molar-refractivity contribution in [1.82, 2.24) is 9.80 Å². The van der Waals surface area contributed by atoms with E-state index < -0.39 is 17.2 Å². The molecule has 2 N–H and O–H groups in total. The molecule has 1 aromatic carbocycles. The summed E-state index contributed by atoms with van der Waals surface area (Å²) in [7, 11) is 0. The smallest absolute Gasteiger partial charge is 0.242 e. The number of benzene rings is 1. The summed E-state index contributed by atoms with van der Waals surface area (Å²) in [6, 6.07) is 3.54. The predicted octanol–water partition coefficient (Wildman–Crippen LogP) is 1.66. The molecule has 0 radical (unpaired) electrons. The summed E-state index contributed by atoms with van der Waals surface area (Å²) in [6.45, 7) is 4.44. The van der Waals surface area contributed by atoms with Crippen LogP contribution in [0.5, 0.6) is 0 Å². The summed E-state index contributed by atoms with van der Waals surface area (Å²) in [4.78, 5) is 16.1. The molecule has 2 fully saturated rings. The number of carbonyl (C=O) groups excluding carboxylic acids is 1. The van der Waals surface area contributed by atoms with Gasteiger partial charge in [-0.1, -0.05) is 6.07 Å². The molecular formula is C16H21F2N3O. The fourth-order valence-electron chi connectivity index (χ4n) is 3.01. The zero-order valence-corrected chi connectivity index (χ0v) is 12.7. The normalized spacial score (nSPS) is 22.5. The number of carbonyl (C=O) groups is 1. The van der Waals surface area contributed by atoms with E-state index in [0.29, 0.717) is 31.7 Å². The molecule has 1 saturated heterocycles. The summed E-state index contributed by atoms with van der Waals surface area (Å²) in [6.07, 6.45) is 1.53. The maximum absolute atomic E-state index is 13.9. The molecule has 2 aliphatic rings. The van der Waals surface area contributed by atoms with Gasteiger partial charge >= 0.3 is 0 Å². The van der Waals surface area contributed by atoms with E-state index in [-0.39, 0.29) is 11.9 Å². The van der Waals surface area contributed by atoms with Crippen LogP contribution in [0.2, 0.25) is 0 Å². The first kappa shape index (κ1) is 15.4. The lowest BCUT2D eigenvalue weighted by molar-refractivity contribution is -0.135. The van der Waals surface area contributed by atoms with Gasteiger partial charge in [0.2, 0.25) is 5.91 Å². The third kappa shape index (κ3) is 2.85. The Hall–Kier alpha value is -1.53. The minimum atomic E-state index is -0.628. The molecule has 22 heavy (non-hydrogen) atoms. The standard InChI is InChI=1S/C16H21F2N3O/c1-11(13-3-2-12(17)10-14(13)18)20-6-8-21(9-7-20)15(22)16(19)4-5-16/h2-3,10-11H,4-9,19H2,1H3. The molecule has 0 spiro atoms. The average Bonchev–Trinajstić information content (AvgIpc) is 3.25. The molecule has 3 rings (SSSR count). The number of hydrogen-bond donors (Lipinski definition) is 1. The molecule has 1 unspecified atom stereocenters. The minimum absolute atomic E-state index is 0.0350. The van der Waals surface area contributed by atoms with Crippen LogP contribution in [0.1, 0.15) is 31.4 Å². The number of rotatable bonds is 3. The van der Waals surface area contributed by atoms with Crippen LogP contribution in [-0.4, -0.2) is 47.4 Å². The SMILES string of the molecule is CC(c1ccc(F)cc1F)N1CCN(C(=O)C2(N)CC2)CC1. The fraction of sp³-hybridized carbons (Fsp3) is 0.562. The third-order valence-corrected chi connectivity index (χ3v) is 4.78. The van der Waals surface area contributed by atoms with E-state index >= 15 is 0 Å². The second kappa shape index (κ2) is 5.59. The van der Waals surface area contributed by atoms with Gasteiger partial charge in [0.05, 0.1) is 5.54 Å². The topological polar surface area (TPSA) is 49.6 Å². The van der Waals surface area contributed by atoms with Gasteiger partial charge in [0.15, 0.2) is 0 Å². The van der Waals surface area contributed by atoms with Gasteiger partial charge in [0.1, 0.15) is 11.6 Å². The highest BCUT2D eigenvalue weighted by Crippen LogP contribution is 2.34. The number of nitrogens with two attached hydrogens (primary N) is 1. The lowest BCUT2D eigenvalue weighted by Crippen LogP contribution is -2.54. The Bertz CT molecular complexity index is 581. The van der Waals surface area contributed by atoms with Gasteiger partial charge in [-0.2, -0.15) is 0 Å². The maximum atomic E-state index is 13.9. The van der Waals surface area contributed by atoms with Crippen LogP contribution < -0.4 is 5.73 Å². The van der Waals surface area contributed by atoms with Crippen molar-refractivity contribution >= 4 is 5.91 Å². The van der Waals surface area contributed by atoms with Crippen LogP contribution in [0.4, 0.5) is 8.78 Å². The molecule has 1 aliphatic heterocycles. The van der Waals surface area contributed by atoms with Crippen molar-refractivity contribution in [2.24, 2.45) is 5.73 Å². The van der Waals surface area contributed by atoms with Gasteiger partial charge in [0.25, 0.3) is 0 Å². The van der Waals surface area contributed by atoms with E-state index in [9.17, 15) is 13.6 Å². The molecule has 1 atom stereocenters. The minimum Gasteiger partial charge on any atom is -0.339 e. The molecule has 0 bridgehead atoms. The number of piperazine rings is 1. The molecule has 1 aliphatic carbocycles. The van der Waals surface area contributed by atoms with E-state index in [1.165, 1.54) is 12.1 Å². The van der Waals surface area contributed by atoms with Crippen molar-refractivity contribution in [3.05, 3.63) is 35.4 Å². The summed E-state index contributed by atoms with van der Waals surface area (Å²) in [5, 5.41) is 0. The van der Waals surface area contributed by atoms with Crippen LogP contribution in [0.25, 0.3) is 0 Å². The van der Waals surface area contributed by atoms with Crippen LogP contribution in [0, 0.1) is 11.6 Å². The van der Waals surface area contributed by atoms with Crippen molar-refractivity contribution in [3.8, 4) is 0 Å². The summed E-state index contributed by atoms with van der Waals surface area (Å²) in [5.74, 6) is -1.06. The van der Waals surface area contributed by atoms with E-state index in [2.05, 4.69) is 4.90 Å². The lowest BCUT2D eigenvalue weighted by Gasteiger charge is -2.39. The Kier molecular flexibility index (Phi) is 3.91. The van der Waals surface area contributed by atoms with Gasteiger partial charge in [-0.25, -0.2) is 8.78 Å². The summed E-state index contributed by atoms with van der Waals surface area (Å²) >= 11 is 0. The highest BCUT2D eigenvalue weighted by Gasteiger charge is 2.48. The van der Waals surface area contributed by atoms with Crippen molar-refractivity contribution in [1.29, 1.82) is 0 Å². The van der Waals surface area contributed by atoms with Crippen molar-refractivity contribution in [2.75, 3.05) is 26.2 Å². The second-order valence-electron chi connectivity index (χ2n) is 6.33. The molecule has 6 heteroatoms. The second-order valence-corrected chi connectivity index (χ2v) is 6.33. The zero-order valence-electron chi connectivity index (χ0n) is 12.7. The van der Waals surface area contributed by atoms with Gasteiger partial charge in [-0.05, 0) is 25.8 Å². The molecule has 1 amide bonds. The zero-order chi connectivity index (χ0) is 15.9. The van der Waals surface area contributed by atoms with Gasteiger partial charge < -0.3 is 10.6 Å². The lowest BCUT2D eigenvalue weighted by atomic mass is 10.0. The highest BCUT2D eigenvalue weighted by atomic mass is 19.1. The van der Waals surface area contributed by atoms with Gasteiger partial charge in [0, 0.05) is 43.9 Å². The van der Waals surface area contributed by atoms with Gasteiger partial charge in [-0.15, -0.1) is 0 Å². The van der Waals surface area contributed by atoms with E-state index in [1.807, 2.05) is 6.92 Å². The molecule has 0 aromatic heterocycles. The van der Waals surface area contributed by atoms with E-state index in [4.69, 9.17) is 5.73 Å². The van der Waals surface area contributed by atoms with Crippen molar-refractivity contribution < 1.29 is 13.6 Å². The monoisotopic (exact) mass is 309 g/mol. The molecule has 4 nitrogen and oxygen atoms in total. The Morgan fingerprint density at radius 2 is 1.86 bits per heavy atom. The molecule has 1 saturated carbocycles. The van der Waals surface area contributed by atoms with Crippen molar-refractivity contribution in [3.63, 3.8) is 0 Å². The molecule has 1 heterocycles. The predicted molar refractivity (Wildman–Crippen MR) is 79.1 cm³/mol. The van der Waals surface area contributed by atoms with E-state index in [0.717, 1.165) is 18.9 Å². The summed E-state index contributed by atoms with van der Waals surface area (Å²) in [5.41, 5.74) is 5.81. The Morgan fingerprint density at radius 3 is 2.41 bits per heavy atom. The average molecular weight is 309 g/mol. The maximum Gasteiger partial charge on any atom is 0.242 e. The van der Waals surface area contributed by atoms with Crippen LogP contribution in [0.3, 0.4) is 0 Å². The number of halogens is 2. The number of nitrogens with zero attached hydrogens (tertiary/aromatic N) is 2. The number of amides is 1. The third-order valence-electron chi connectivity index (χ3n) is 4.78. The molecule has 1 aromatic rings. The fourth-order valence-corrected chi connectivity index (χ4v) is 3.01. The first-order valence-corrected chi connectivity index (χ1v) is 7.68. The van der Waals surface area contributed by atoms with Crippen molar-refractivity contribution in [2.45, 2.75) is 31.3 Å². The largest absolute Gasteiger partial charge is 0.339 e. The Balaban J connectivity index is 1.62. The highest BCUT2D eigenvalue weighted by molar-refractivity contribution is 5.89. The van der Waals surface area contributed by atoms with Crippen LogP contribution >= 0.6 is 0 Å². The van der Waals surface area contributed by atoms with Gasteiger partial charge in [-0.3, -0.25) is 9.69 Å². The number of hydrogen-bond acceptors (Lipinski definition) is 3. The summed E-state index contributed by atoms with van der Waals surface area (Å²) < 4.78 is 26.9. The van der Waals surface area contributed by atoms with Crippen LogP contribution in [0.15, 0.2) is 18.2 Å². The first-order chi connectivity index (χ1) is 10.4.